The van der Waals surface area contributed by atoms with Crippen molar-refractivity contribution >= 4 is 10.9 Å². The summed E-state index contributed by atoms with van der Waals surface area (Å²) in [4.78, 5) is 21.8. The number of fused-ring (bicyclic) bond motifs is 1. The number of rotatable bonds is 2. The lowest BCUT2D eigenvalue weighted by Gasteiger charge is -2.13. The van der Waals surface area contributed by atoms with Gasteiger partial charge in [0.05, 0.1) is 16.6 Å². The molecule has 4 aromatic rings. The van der Waals surface area contributed by atoms with Gasteiger partial charge in [-0.05, 0) is 48.5 Å². The lowest BCUT2D eigenvalue weighted by Crippen LogP contribution is -2.21. The van der Waals surface area contributed by atoms with E-state index >= 15 is 0 Å². The van der Waals surface area contributed by atoms with Gasteiger partial charge in [-0.3, -0.25) is 14.3 Å². The second kappa shape index (κ2) is 5.62. The Labute approximate surface area is 137 Å². The normalized spacial score (nSPS) is 10.8. The molecule has 2 aromatic heterocycles. The van der Waals surface area contributed by atoms with E-state index in [9.17, 15) is 9.90 Å². The van der Waals surface area contributed by atoms with E-state index in [0.717, 1.165) is 5.56 Å². The van der Waals surface area contributed by atoms with Gasteiger partial charge < -0.3 is 5.11 Å². The maximum absolute atomic E-state index is 13.0. The van der Waals surface area contributed by atoms with Crippen LogP contribution >= 0.6 is 0 Å². The van der Waals surface area contributed by atoms with E-state index in [2.05, 4.69) is 9.97 Å². The lowest BCUT2D eigenvalue weighted by molar-refractivity contribution is 0.475. The predicted octanol–water partition coefficient (Wildman–Crippen LogP) is 3.15. The minimum atomic E-state index is -0.162. The molecule has 0 spiro atoms. The summed E-state index contributed by atoms with van der Waals surface area (Å²) in [6.07, 6.45) is 3.35. The second-order valence-electron chi connectivity index (χ2n) is 5.35. The number of pyridine rings is 1. The van der Waals surface area contributed by atoms with Crippen molar-refractivity contribution in [2.24, 2.45) is 0 Å². The molecule has 24 heavy (non-hydrogen) atoms. The van der Waals surface area contributed by atoms with Crippen molar-refractivity contribution in [3.63, 3.8) is 0 Å². The lowest BCUT2D eigenvalue weighted by atomic mass is 10.2. The maximum atomic E-state index is 13.0. The SMILES string of the molecule is O=c1c2ccccc2nc(-c2cccnc2)n1-c1ccc(O)cc1. The molecule has 2 heterocycles. The average molecular weight is 315 g/mol. The summed E-state index contributed by atoms with van der Waals surface area (Å²) in [5.74, 6) is 0.654. The molecule has 0 fully saturated rings. The summed E-state index contributed by atoms with van der Waals surface area (Å²) < 4.78 is 1.54. The number of phenols is 1. The minimum Gasteiger partial charge on any atom is -0.508 e. The van der Waals surface area contributed by atoms with Crippen LogP contribution in [0.5, 0.6) is 5.75 Å². The molecule has 0 unspecified atom stereocenters. The van der Waals surface area contributed by atoms with Crippen molar-refractivity contribution < 1.29 is 5.11 Å². The first-order valence-electron chi connectivity index (χ1n) is 7.45. The summed E-state index contributed by atoms with van der Waals surface area (Å²) in [5.41, 5.74) is 1.85. The van der Waals surface area contributed by atoms with E-state index in [0.29, 0.717) is 22.4 Å². The fourth-order valence-electron chi connectivity index (χ4n) is 2.66. The number of para-hydroxylation sites is 1. The minimum absolute atomic E-state index is 0.142. The molecule has 0 aliphatic carbocycles. The van der Waals surface area contributed by atoms with Gasteiger partial charge in [0.2, 0.25) is 0 Å². The molecule has 0 saturated heterocycles. The monoisotopic (exact) mass is 315 g/mol. The van der Waals surface area contributed by atoms with Gasteiger partial charge in [-0.2, -0.15) is 0 Å². The van der Waals surface area contributed by atoms with Gasteiger partial charge in [-0.25, -0.2) is 4.98 Å². The van der Waals surface area contributed by atoms with Crippen LogP contribution in [0.3, 0.4) is 0 Å². The molecule has 0 bridgehead atoms. The van der Waals surface area contributed by atoms with Crippen molar-refractivity contribution in [3.8, 4) is 22.8 Å². The molecule has 0 radical (unpaired) electrons. The van der Waals surface area contributed by atoms with E-state index in [1.54, 1.807) is 53.4 Å². The Morgan fingerprint density at radius 1 is 0.917 bits per heavy atom. The fraction of sp³-hybridized carbons (Fsp3) is 0. The van der Waals surface area contributed by atoms with Crippen LogP contribution in [0.2, 0.25) is 0 Å². The third-order valence-electron chi connectivity index (χ3n) is 3.80. The Hall–Kier alpha value is -3.47. The van der Waals surface area contributed by atoms with Gasteiger partial charge in [-0.15, -0.1) is 0 Å². The Morgan fingerprint density at radius 2 is 1.71 bits per heavy atom. The molecule has 0 amide bonds. The van der Waals surface area contributed by atoms with Gasteiger partial charge >= 0.3 is 0 Å². The number of aromatic nitrogens is 3. The highest BCUT2D eigenvalue weighted by molar-refractivity contribution is 5.80. The number of hydrogen-bond donors (Lipinski definition) is 1. The second-order valence-corrected chi connectivity index (χ2v) is 5.35. The Bertz CT molecular complexity index is 1070. The van der Waals surface area contributed by atoms with Crippen molar-refractivity contribution in [2.45, 2.75) is 0 Å². The van der Waals surface area contributed by atoms with Crippen LogP contribution < -0.4 is 5.56 Å². The van der Waals surface area contributed by atoms with E-state index in [-0.39, 0.29) is 11.3 Å². The zero-order valence-electron chi connectivity index (χ0n) is 12.6. The molecule has 116 valence electrons. The van der Waals surface area contributed by atoms with Crippen LogP contribution in [0, 0.1) is 0 Å². The van der Waals surface area contributed by atoms with Crippen molar-refractivity contribution in [2.75, 3.05) is 0 Å². The number of benzene rings is 2. The number of phenolic OH excluding ortho intramolecular Hbond substituents is 1. The first kappa shape index (κ1) is 14.1. The van der Waals surface area contributed by atoms with E-state index in [4.69, 9.17) is 0 Å². The van der Waals surface area contributed by atoms with Crippen molar-refractivity contribution in [1.82, 2.24) is 14.5 Å². The fourth-order valence-corrected chi connectivity index (χ4v) is 2.66. The van der Waals surface area contributed by atoms with E-state index in [1.165, 1.54) is 0 Å². The third kappa shape index (κ3) is 2.32. The summed E-state index contributed by atoms with van der Waals surface area (Å²) in [6.45, 7) is 0. The Morgan fingerprint density at radius 3 is 2.46 bits per heavy atom. The van der Waals surface area contributed by atoms with Crippen LogP contribution in [-0.4, -0.2) is 19.6 Å². The molecule has 5 nitrogen and oxygen atoms in total. The predicted molar refractivity (Wildman–Crippen MR) is 92.2 cm³/mol. The molecular formula is C19H13N3O2. The Balaban J connectivity index is 2.11. The highest BCUT2D eigenvalue weighted by atomic mass is 16.3. The molecular weight excluding hydrogens is 302 g/mol. The largest absolute Gasteiger partial charge is 0.508 e. The molecule has 0 atom stereocenters. The van der Waals surface area contributed by atoms with Gasteiger partial charge in [0.1, 0.15) is 11.6 Å². The van der Waals surface area contributed by atoms with Crippen LogP contribution in [0.15, 0.2) is 77.9 Å². The highest BCUT2D eigenvalue weighted by Crippen LogP contribution is 2.22. The van der Waals surface area contributed by atoms with Crippen LogP contribution in [0.25, 0.3) is 28.0 Å². The number of aromatic hydroxyl groups is 1. The van der Waals surface area contributed by atoms with E-state index in [1.807, 2.05) is 24.3 Å². The first-order chi connectivity index (χ1) is 11.7. The summed E-state index contributed by atoms with van der Waals surface area (Å²) in [7, 11) is 0. The number of hydrogen-bond acceptors (Lipinski definition) is 4. The maximum Gasteiger partial charge on any atom is 0.266 e. The third-order valence-corrected chi connectivity index (χ3v) is 3.80. The van der Waals surface area contributed by atoms with Crippen molar-refractivity contribution in [3.05, 3.63) is 83.4 Å². The summed E-state index contributed by atoms with van der Waals surface area (Å²) >= 11 is 0. The molecule has 4 rings (SSSR count). The zero-order chi connectivity index (χ0) is 16.5. The molecule has 2 aromatic carbocycles. The van der Waals surface area contributed by atoms with Gasteiger partial charge in [-0.1, -0.05) is 12.1 Å². The van der Waals surface area contributed by atoms with Gasteiger partial charge in [0.25, 0.3) is 5.56 Å². The molecule has 0 aliphatic heterocycles. The molecule has 1 N–H and O–H groups in total. The van der Waals surface area contributed by atoms with Gasteiger partial charge in [0.15, 0.2) is 0 Å². The smallest absolute Gasteiger partial charge is 0.266 e. The standard InChI is InChI=1S/C19H13N3O2/c23-15-9-7-14(8-10-15)22-18(13-4-3-11-20-12-13)21-17-6-2-1-5-16(17)19(22)24/h1-12,23H. The Kier molecular flexibility index (Phi) is 3.31. The van der Waals surface area contributed by atoms with E-state index < -0.39 is 0 Å². The first-order valence-corrected chi connectivity index (χ1v) is 7.45. The van der Waals surface area contributed by atoms with Gasteiger partial charge in [0, 0.05) is 18.0 Å². The topological polar surface area (TPSA) is 68.0 Å². The molecule has 5 heteroatoms. The van der Waals surface area contributed by atoms with Crippen LogP contribution in [-0.2, 0) is 0 Å². The summed E-state index contributed by atoms with van der Waals surface area (Å²) in [5, 5.41) is 10.1. The average Bonchev–Trinajstić information content (AvgIpc) is 2.63. The van der Waals surface area contributed by atoms with Crippen molar-refractivity contribution in [1.29, 1.82) is 0 Å². The highest BCUT2D eigenvalue weighted by Gasteiger charge is 2.14. The molecule has 0 aliphatic rings. The van der Waals surface area contributed by atoms with Crippen LogP contribution in [0.4, 0.5) is 0 Å². The summed E-state index contributed by atoms with van der Waals surface area (Å²) in [6, 6.07) is 17.4. The zero-order valence-corrected chi connectivity index (χ0v) is 12.6. The number of nitrogens with zero attached hydrogens (tertiary/aromatic N) is 3. The van der Waals surface area contributed by atoms with Crippen LogP contribution in [0.1, 0.15) is 0 Å². The molecule has 0 saturated carbocycles. The quantitative estimate of drug-likeness (QED) is 0.617.